The van der Waals surface area contributed by atoms with Gasteiger partial charge in [0.05, 0.1) is 12.1 Å². The number of hydrogen-bond acceptors (Lipinski definition) is 2. The van der Waals surface area contributed by atoms with Crippen LogP contribution in [0.5, 0.6) is 0 Å². The first-order valence-corrected chi connectivity index (χ1v) is 10.2. The Labute approximate surface area is 144 Å². The zero-order valence-electron chi connectivity index (χ0n) is 15.1. The molecule has 2 nitrogen and oxygen atoms in total. The molecule has 0 heterocycles. The van der Waals surface area contributed by atoms with E-state index in [9.17, 15) is 10.5 Å². The fourth-order valence-corrected chi connectivity index (χ4v) is 3.70. The summed E-state index contributed by atoms with van der Waals surface area (Å²) in [4.78, 5) is 0. The maximum Gasteiger partial charge on any atom is 0.143 e. The monoisotopic (exact) mass is 316 g/mol. The first kappa shape index (κ1) is 20.0. The van der Waals surface area contributed by atoms with E-state index in [0.717, 1.165) is 25.7 Å². The number of hydrogen-bond donors (Lipinski definition) is 0. The van der Waals surface area contributed by atoms with E-state index < -0.39 is 5.41 Å². The third kappa shape index (κ3) is 9.65. The largest absolute Gasteiger partial charge is 0.197 e. The molecule has 0 aromatic carbocycles. The summed E-state index contributed by atoms with van der Waals surface area (Å²) in [5.41, 5.74) is -0.705. The molecule has 0 aliphatic heterocycles. The summed E-state index contributed by atoms with van der Waals surface area (Å²) in [6.07, 6.45) is 22.4. The summed E-state index contributed by atoms with van der Waals surface area (Å²) in [6.45, 7) is 0. The second-order valence-electron chi connectivity index (χ2n) is 7.46. The van der Waals surface area contributed by atoms with Crippen molar-refractivity contribution in [3.63, 3.8) is 0 Å². The van der Waals surface area contributed by atoms with Crippen LogP contribution in [0, 0.1) is 28.1 Å². The second-order valence-corrected chi connectivity index (χ2v) is 7.46. The van der Waals surface area contributed by atoms with E-state index in [-0.39, 0.29) is 0 Å². The molecule has 0 radical (unpaired) electrons. The van der Waals surface area contributed by atoms with Crippen LogP contribution in [0.15, 0.2) is 0 Å². The molecule has 1 aliphatic rings. The fourth-order valence-electron chi connectivity index (χ4n) is 3.70. The van der Waals surface area contributed by atoms with Crippen LogP contribution in [-0.4, -0.2) is 0 Å². The van der Waals surface area contributed by atoms with Crippen molar-refractivity contribution in [1.82, 2.24) is 0 Å². The van der Waals surface area contributed by atoms with Gasteiger partial charge in [0.15, 0.2) is 0 Å². The SMILES string of the molecule is N#CC1(C#N)CCCCCCCCCCCCCCCCCC1. The molecule has 1 fully saturated rings. The van der Waals surface area contributed by atoms with E-state index in [4.69, 9.17) is 0 Å². The van der Waals surface area contributed by atoms with Gasteiger partial charge in [0.1, 0.15) is 5.41 Å². The third-order valence-electron chi connectivity index (χ3n) is 5.39. The molecule has 23 heavy (non-hydrogen) atoms. The van der Waals surface area contributed by atoms with Crippen molar-refractivity contribution in [2.24, 2.45) is 5.41 Å². The maximum atomic E-state index is 9.46. The smallest absolute Gasteiger partial charge is 0.143 e. The number of rotatable bonds is 0. The Bertz CT molecular complexity index is 325. The zero-order valence-corrected chi connectivity index (χ0v) is 15.1. The van der Waals surface area contributed by atoms with Gasteiger partial charge in [0.2, 0.25) is 0 Å². The second kappa shape index (κ2) is 13.4. The van der Waals surface area contributed by atoms with Crippen LogP contribution in [0.1, 0.15) is 116 Å². The van der Waals surface area contributed by atoms with Gasteiger partial charge in [-0.1, -0.05) is 103 Å². The predicted octanol–water partition coefficient (Wildman–Crippen LogP) is 7.06. The average molecular weight is 317 g/mol. The highest BCUT2D eigenvalue weighted by Crippen LogP contribution is 2.30. The minimum Gasteiger partial charge on any atom is -0.197 e. The molecule has 1 saturated carbocycles. The van der Waals surface area contributed by atoms with E-state index in [1.54, 1.807) is 0 Å². The molecule has 0 N–H and O–H groups in total. The van der Waals surface area contributed by atoms with Gasteiger partial charge >= 0.3 is 0 Å². The van der Waals surface area contributed by atoms with Crippen LogP contribution in [0.3, 0.4) is 0 Å². The third-order valence-corrected chi connectivity index (χ3v) is 5.39. The Morgan fingerprint density at radius 3 is 0.826 bits per heavy atom. The van der Waals surface area contributed by atoms with Crippen molar-refractivity contribution < 1.29 is 0 Å². The van der Waals surface area contributed by atoms with Gasteiger partial charge in [-0.3, -0.25) is 0 Å². The molecule has 1 aliphatic carbocycles. The topological polar surface area (TPSA) is 47.6 Å². The normalized spacial score (nSPS) is 23.4. The molecular formula is C21H36N2. The molecular weight excluding hydrogens is 280 g/mol. The molecule has 0 saturated heterocycles. The molecule has 2 heteroatoms. The molecule has 0 aromatic heterocycles. The predicted molar refractivity (Wildman–Crippen MR) is 96.8 cm³/mol. The lowest BCUT2D eigenvalue weighted by atomic mass is 9.80. The quantitative estimate of drug-likeness (QED) is 0.480. The highest BCUT2D eigenvalue weighted by Gasteiger charge is 2.28. The summed E-state index contributed by atoms with van der Waals surface area (Å²) in [5.74, 6) is 0. The Morgan fingerprint density at radius 1 is 0.391 bits per heavy atom. The molecule has 0 spiro atoms. The lowest BCUT2D eigenvalue weighted by Gasteiger charge is -2.18. The first-order valence-electron chi connectivity index (χ1n) is 10.2. The Morgan fingerprint density at radius 2 is 0.609 bits per heavy atom. The fraction of sp³-hybridized carbons (Fsp3) is 0.905. The molecule has 0 atom stereocenters. The van der Waals surface area contributed by atoms with Crippen LogP contribution >= 0.6 is 0 Å². The Hall–Kier alpha value is -1.02. The number of nitrogens with zero attached hydrogens (tertiary/aromatic N) is 2. The van der Waals surface area contributed by atoms with Crippen molar-refractivity contribution in [2.45, 2.75) is 116 Å². The van der Waals surface area contributed by atoms with Crippen molar-refractivity contribution in [1.29, 1.82) is 10.5 Å². The summed E-state index contributed by atoms with van der Waals surface area (Å²) in [7, 11) is 0. The van der Waals surface area contributed by atoms with E-state index in [1.807, 2.05) is 0 Å². The summed E-state index contributed by atoms with van der Waals surface area (Å²) >= 11 is 0. The maximum absolute atomic E-state index is 9.46. The molecule has 0 unspecified atom stereocenters. The van der Waals surface area contributed by atoms with Gasteiger partial charge in [0, 0.05) is 0 Å². The molecule has 1 rings (SSSR count). The molecule has 130 valence electrons. The Kier molecular flexibility index (Phi) is 11.7. The minimum absolute atomic E-state index is 0.705. The first-order chi connectivity index (χ1) is 11.3. The highest BCUT2D eigenvalue weighted by molar-refractivity contribution is 5.13. The van der Waals surface area contributed by atoms with E-state index in [2.05, 4.69) is 12.1 Å². The van der Waals surface area contributed by atoms with Gasteiger partial charge in [-0.05, 0) is 12.8 Å². The summed E-state index contributed by atoms with van der Waals surface area (Å²) < 4.78 is 0. The zero-order chi connectivity index (χ0) is 16.6. The van der Waals surface area contributed by atoms with E-state index in [1.165, 1.54) is 89.9 Å². The molecule has 0 amide bonds. The lowest BCUT2D eigenvalue weighted by molar-refractivity contribution is 0.391. The van der Waals surface area contributed by atoms with E-state index in [0.29, 0.717) is 0 Å². The lowest BCUT2D eigenvalue weighted by Crippen LogP contribution is -2.16. The number of nitriles is 2. The summed E-state index contributed by atoms with van der Waals surface area (Å²) in [5, 5.41) is 18.9. The van der Waals surface area contributed by atoms with Gasteiger partial charge in [-0.15, -0.1) is 0 Å². The van der Waals surface area contributed by atoms with Gasteiger partial charge < -0.3 is 0 Å². The Balaban J connectivity index is 2.36. The van der Waals surface area contributed by atoms with Crippen LogP contribution in [0.2, 0.25) is 0 Å². The van der Waals surface area contributed by atoms with Gasteiger partial charge in [0.25, 0.3) is 0 Å². The van der Waals surface area contributed by atoms with Crippen LogP contribution in [0.4, 0.5) is 0 Å². The van der Waals surface area contributed by atoms with Crippen molar-refractivity contribution in [2.75, 3.05) is 0 Å². The standard InChI is InChI=1S/C21H36N2/c22-19-21(20-23)17-15-13-11-9-7-5-3-1-2-4-6-8-10-12-14-16-18-21/h1-18H2. The van der Waals surface area contributed by atoms with Crippen molar-refractivity contribution in [3.8, 4) is 12.1 Å². The summed E-state index contributed by atoms with van der Waals surface area (Å²) in [6, 6.07) is 4.67. The van der Waals surface area contributed by atoms with Crippen LogP contribution in [0.25, 0.3) is 0 Å². The average Bonchev–Trinajstić information content (AvgIpc) is 2.58. The molecule has 0 bridgehead atoms. The van der Waals surface area contributed by atoms with Crippen LogP contribution < -0.4 is 0 Å². The minimum atomic E-state index is -0.705. The molecule has 0 aromatic rings. The van der Waals surface area contributed by atoms with Crippen LogP contribution in [-0.2, 0) is 0 Å². The van der Waals surface area contributed by atoms with Crippen molar-refractivity contribution >= 4 is 0 Å². The highest BCUT2D eigenvalue weighted by atomic mass is 14.4. The van der Waals surface area contributed by atoms with Gasteiger partial charge in [-0.2, -0.15) is 10.5 Å². The van der Waals surface area contributed by atoms with Crippen molar-refractivity contribution in [3.05, 3.63) is 0 Å². The van der Waals surface area contributed by atoms with Gasteiger partial charge in [-0.25, -0.2) is 0 Å². The van der Waals surface area contributed by atoms with E-state index >= 15 is 0 Å².